The van der Waals surface area contributed by atoms with E-state index >= 15 is 0 Å². The van der Waals surface area contributed by atoms with Gasteiger partial charge >= 0.3 is 0 Å². The average molecular weight is 298 g/mol. The lowest BCUT2D eigenvalue weighted by molar-refractivity contribution is -0.386. The number of nitrogens with zero attached hydrogens (tertiary/aromatic N) is 2. The van der Waals surface area contributed by atoms with E-state index in [0.29, 0.717) is 0 Å². The Morgan fingerprint density at radius 1 is 1.50 bits per heavy atom. The molecule has 0 saturated carbocycles. The number of hydrogen-bond acceptors (Lipinski definition) is 5. The molecule has 0 spiro atoms. The molecule has 0 bridgehead atoms. The smallest absolute Gasteiger partial charge is 0.278 e. The van der Waals surface area contributed by atoms with E-state index in [0.717, 1.165) is 26.2 Å². The summed E-state index contributed by atoms with van der Waals surface area (Å²) in [6.07, 6.45) is 1.60. The van der Waals surface area contributed by atoms with Crippen LogP contribution in [0.1, 0.15) is 11.6 Å². The van der Waals surface area contributed by atoms with Crippen molar-refractivity contribution in [2.75, 3.05) is 26.2 Å². The monoisotopic (exact) mass is 297 g/mol. The Labute approximate surface area is 121 Å². The van der Waals surface area contributed by atoms with Gasteiger partial charge in [-0.2, -0.15) is 0 Å². The highest BCUT2D eigenvalue weighted by atomic mass is 35.5. The van der Waals surface area contributed by atoms with Crippen LogP contribution in [-0.4, -0.2) is 41.1 Å². The fourth-order valence-electron chi connectivity index (χ4n) is 2.43. The highest BCUT2D eigenvalue weighted by Gasteiger charge is 2.30. The summed E-state index contributed by atoms with van der Waals surface area (Å²) in [5, 5.41) is 24.6. The number of halogens is 1. The molecular weight excluding hydrogens is 282 g/mol. The van der Waals surface area contributed by atoms with E-state index in [9.17, 15) is 15.2 Å². The number of nitro benzene ring substituents is 1. The normalized spacial score (nSPS) is 17.6. The molecule has 1 fully saturated rings. The Balaban J connectivity index is 2.49. The standard InChI is InChI=1S/C13H16ClN3O3/c1-2-10(16-7-5-15-6-8-16)12-11(17(19)20)4-3-9(14)13(12)18/h2-4,10,15,18H,1,5-8H2/t10-/m1/s1. The van der Waals surface area contributed by atoms with Gasteiger partial charge in [0.05, 0.1) is 21.6 Å². The van der Waals surface area contributed by atoms with Crippen molar-refractivity contribution in [2.24, 2.45) is 0 Å². The summed E-state index contributed by atoms with van der Waals surface area (Å²) in [6.45, 7) is 6.77. The number of benzene rings is 1. The van der Waals surface area contributed by atoms with Crippen LogP contribution >= 0.6 is 11.6 Å². The van der Waals surface area contributed by atoms with Crippen molar-refractivity contribution < 1.29 is 10.0 Å². The van der Waals surface area contributed by atoms with Crippen LogP contribution in [0.15, 0.2) is 24.8 Å². The van der Waals surface area contributed by atoms with Crippen molar-refractivity contribution >= 4 is 17.3 Å². The molecule has 1 heterocycles. The van der Waals surface area contributed by atoms with Crippen LogP contribution in [0.25, 0.3) is 0 Å². The number of nitro groups is 1. The molecule has 0 aliphatic carbocycles. The Bertz CT molecular complexity index is 530. The number of hydrogen-bond donors (Lipinski definition) is 2. The van der Waals surface area contributed by atoms with E-state index in [1.54, 1.807) is 6.08 Å². The molecular formula is C13H16ClN3O3. The van der Waals surface area contributed by atoms with E-state index < -0.39 is 11.0 Å². The summed E-state index contributed by atoms with van der Waals surface area (Å²) in [6, 6.07) is 2.21. The Hall–Kier alpha value is -1.63. The molecule has 2 N–H and O–H groups in total. The van der Waals surface area contributed by atoms with Crippen molar-refractivity contribution in [3.05, 3.63) is 45.5 Å². The summed E-state index contributed by atoms with van der Waals surface area (Å²) in [7, 11) is 0. The second-order valence-corrected chi connectivity index (χ2v) is 4.96. The highest BCUT2D eigenvalue weighted by molar-refractivity contribution is 6.32. The van der Waals surface area contributed by atoms with E-state index in [4.69, 9.17) is 11.6 Å². The van der Waals surface area contributed by atoms with Gasteiger partial charge in [0.2, 0.25) is 0 Å². The lowest BCUT2D eigenvalue weighted by Gasteiger charge is -2.33. The van der Waals surface area contributed by atoms with Gasteiger partial charge in [0.15, 0.2) is 0 Å². The van der Waals surface area contributed by atoms with Gasteiger partial charge in [-0.3, -0.25) is 15.0 Å². The van der Waals surface area contributed by atoms with Crippen molar-refractivity contribution in [1.29, 1.82) is 0 Å². The molecule has 0 amide bonds. The predicted octanol–water partition coefficient (Wildman–Crippen LogP) is 2.09. The molecule has 1 aliphatic rings. The first kappa shape index (κ1) is 14.8. The average Bonchev–Trinajstić information content (AvgIpc) is 2.45. The zero-order valence-corrected chi connectivity index (χ0v) is 11.6. The second kappa shape index (κ2) is 6.21. The molecule has 0 unspecified atom stereocenters. The minimum absolute atomic E-state index is 0.104. The van der Waals surface area contributed by atoms with Crippen molar-refractivity contribution in [3.63, 3.8) is 0 Å². The van der Waals surface area contributed by atoms with Gasteiger partial charge in [0, 0.05) is 32.2 Å². The molecule has 0 aromatic heterocycles. The fourth-order valence-corrected chi connectivity index (χ4v) is 2.60. The maximum atomic E-state index is 11.2. The lowest BCUT2D eigenvalue weighted by Crippen LogP contribution is -2.44. The largest absolute Gasteiger partial charge is 0.506 e. The quantitative estimate of drug-likeness (QED) is 0.505. The molecule has 1 aliphatic heterocycles. The summed E-state index contributed by atoms with van der Waals surface area (Å²) in [5.74, 6) is -0.246. The van der Waals surface area contributed by atoms with Crippen LogP contribution < -0.4 is 5.32 Å². The Morgan fingerprint density at radius 3 is 2.70 bits per heavy atom. The summed E-state index contributed by atoms with van der Waals surface area (Å²) < 4.78 is 0. The zero-order valence-electron chi connectivity index (χ0n) is 10.9. The van der Waals surface area contributed by atoms with Gasteiger partial charge in [0.1, 0.15) is 5.75 Å². The van der Waals surface area contributed by atoms with Crippen molar-refractivity contribution in [2.45, 2.75) is 6.04 Å². The lowest BCUT2D eigenvalue weighted by atomic mass is 10.0. The molecule has 1 saturated heterocycles. The molecule has 108 valence electrons. The van der Waals surface area contributed by atoms with Crippen LogP contribution in [0.3, 0.4) is 0 Å². The third kappa shape index (κ3) is 2.77. The van der Waals surface area contributed by atoms with Crippen LogP contribution in [0.2, 0.25) is 5.02 Å². The zero-order chi connectivity index (χ0) is 14.7. The SMILES string of the molecule is C=C[C@H](c1c([N+](=O)[O-])ccc(Cl)c1O)N1CCNCC1. The summed E-state index contributed by atoms with van der Waals surface area (Å²) in [5.41, 5.74) is 0.0646. The van der Waals surface area contributed by atoms with E-state index in [-0.39, 0.29) is 22.0 Å². The minimum Gasteiger partial charge on any atom is -0.506 e. The van der Waals surface area contributed by atoms with Gasteiger partial charge in [-0.1, -0.05) is 17.7 Å². The first-order chi connectivity index (χ1) is 9.56. The topological polar surface area (TPSA) is 78.6 Å². The number of phenolic OH excluding ortho intramolecular Hbond substituents is 1. The second-order valence-electron chi connectivity index (χ2n) is 4.55. The number of rotatable bonds is 4. The Morgan fingerprint density at radius 2 is 2.15 bits per heavy atom. The molecule has 1 atom stereocenters. The van der Waals surface area contributed by atoms with Crippen LogP contribution in [-0.2, 0) is 0 Å². The predicted molar refractivity (Wildman–Crippen MR) is 77.2 cm³/mol. The first-order valence-corrected chi connectivity index (χ1v) is 6.67. The third-order valence-electron chi connectivity index (χ3n) is 3.41. The molecule has 6 nitrogen and oxygen atoms in total. The number of aromatic hydroxyl groups is 1. The van der Waals surface area contributed by atoms with E-state index in [1.807, 2.05) is 4.90 Å². The van der Waals surface area contributed by atoms with Crippen LogP contribution in [0.5, 0.6) is 5.75 Å². The Kier molecular flexibility index (Phi) is 4.59. The first-order valence-electron chi connectivity index (χ1n) is 6.29. The molecule has 7 heteroatoms. The number of piperazine rings is 1. The summed E-state index contributed by atoms with van der Waals surface area (Å²) >= 11 is 5.89. The van der Waals surface area contributed by atoms with Crippen molar-refractivity contribution in [3.8, 4) is 5.75 Å². The van der Waals surface area contributed by atoms with Gasteiger partial charge < -0.3 is 10.4 Å². The number of phenols is 1. The maximum absolute atomic E-state index is 11.2. The van der Waals surface area contributed by atoms with Crippen LogP contribution in [0, 0.1) is 10.1 Å². The van der Waals surface area contributed by atoms with Gasteiger partial charge in [-0.15, -0.1) is 6.58 Å². The third-order valence-corrected chi connectivity index (χ3v) is 3.71. The van der Waals surface area contributed by atoms with Gasteiger partial charge in [-0.25, -0.2) is 0 Å². The highest BCUT2D eigenvalue weighted by Crippen LogP contribution is 2.41. The molecule has 0 radical (unpaired) electrons. The fraction of sp³-hybridized carbons (Fsp3) is 0.385. The van der Waals surface area contributed by atoms with Gasteiger partial charge in [-0.05, 0) is 6.07 Å². The minimum atomic E-state index is -0.510. The molecule has 2 rings (SSSR count). The summed E-state index contributed by atoms with van der Waals surface area (Å²) in [4.78, 5) is 12.7. The molecule has 1 aromatic rings. The van der Waals surface area contributed by atoms with Crippen LogP contribution in [0.4, 0.5) is 5.69 Å². The van der Waals surface area contributed by atoms with E-state index in [1.165, 1.54) is 12.1 Å². The maximum Gasteiger partial charge on any atom is 0.278 e. The van der Waals surface area contributed by atoms with Crippen molar-refractivity contribution in [1.82, 2.24) is 10.2 Å². The van der Waals surface area contributed by atoms with E-state index in [2.05, 4.69) is 11.9 Å². The molecule has 1 aromatic carbocycles. The molecule has 20 heavy (non-hydrogen) atoms. The number of nitrogens with one attached hydrogen (secondary N) is 1. The van der Waals surface area contributed by atoms with Gasteiger partial charge in [0.25, 0.3) is 5.69 Å².